The number of hydrogen-bond acceptors (Lipinski definition) is 6. The van der Waals surface area contributed by atoms with E-state index in [0.717, 1.165) is 12.8 Å². The molecule has 2 amide bonds. The molecule has 2 fully saturated rings. The Morgan fingerprint density at radius 2 is 1.81 bits per heavy atom. The van der Waals surface area contributed by atoms with E-state index < -0.39 is 16.7 Å². The van der Waals surface area contributed by atoms with E-state index in [1.54, 1.807) is 4.90 Å². The van der Waals surface area contributed by atoms with Crippen molar-refractivity contribution < 1.29 is 19.2 Å². The molecule has 9 nitrogen and oxygen atoms in total. The highest BCUT2D eigenvalue weighted by Gasteiger charge is 2.49. The Morgan fingerprint density at radius 1 is 1.15 bits per heavy atom. The Hall–Kier alpha value is -2.68. The minimum Gasteiger partial charge on any atom is -0.444 e. The first-order chi connectivity index (χ1) is 12.4. The SMILES string of the molecule is NC1(C(=O)N2CCCC2)CCCN1C(=O)OCc1ccc([N+](=O)[O-])cc1. The average molecular weight is 362 g/mol. The summed E-state index contributed by atoms with van der Waals surface area (Å²) in [6.07, 6.45) is 2.31. The first-order valence-electron chi connectivity index (χ1n) is 8.68. The lowest BCUT2D eigenvalue weighted by Crippen LogP contribution is -2.63. The van der Waals surface area contributed by atoms with Crippen LogP contribution in [0.3, 0.4) is 0 Å². The summed E-state index contributed by atoms with van der Waals surface area (Å²) >= 11 is 0. The number of hydrogen-bond donors (Lipinski definition) is 1. The molecule has 0 aromatic heterocycles. The normalized spacial score (nSPS) is 22.5. The van der Waals surface area contributed by atoms with Crippen LogP contribution >= 0.6 is 0 Å². The molecule has 2 N–H and O–H groups in total. The molecule has 0 aliphatic carbocycles. The molecule has 3 rings (SSSR count). The molecular weight excluding hydrogens is 340 g/mol. The monoisotopic (exact) mass is 362 g/mol. The van der Waals surface area contributed by atoms with Crippen molar-refractivity contribution in [3.8, 4) is 0 Å². The highest BCUT2D eigenvalue weighted by Crippen LogP contribution is 2.29. The van der Waals surface area contributed by atoms with Gasteiger partial charge in [-0.2, -0.15) is 0 Å². The minimum absolute atomic E-state index is 0.0307. The maximum absolute atomic E-state index is 12.7. The van der Waals surface area contributed by atoms with E-state index >= 15 is 0 Å². The summed E-state index contributed by atoms with van der Waals surface area (Å²) in [7, 11) is 0. The Kier molecular flexibility index (Phi) is 5.08. The highest BCUT2D eigenvalue weighted by atomic mass is 16.6. The third-order valence-electron chi connectivity index (χ3n) is 4.91. The lowest BCUT2D eigenvalue weighted by Gasteiger charge is -2.35. The number of rotatable bonds is 4. The molecule has 0 spiro atoms. The molecule has 2 aliphatic rings. The van der Waals surface area contributed by atoms with Gasteiger partial charge in [0.25, 0.3) is 11.6 Å². The molecule has 0 saturated carbocycles. The first kappa shape index (κ1) is 18.1. The summed E-state index contributed by atoms with van der Waals surface area (Å²) in [6.45, 7) is 1.67. The molecule has 140 valence electrons. The number of carbonyl (C=O) groups is 2. The molecule has 2 saturated heterocycles. The number of nitrogens with two attached hydrogens (primary N) is 1. The molecular formula is C17H22N4O5. The van der Waals surface area contributed by atoms with Crippen LogP contribution in [0.1, 0.15) is 31.2 Å². The van der Waals surface area contributed by atoms with Gasteiger partial charge in [-0.05, 0) is 43.4 Å². The van der Waals surface area contributed by atoms with E-state index in [-0.39, 0.29) is 18.2 Å². The molecule has 26 heavy (non-hydrogen) atoms. The summed E-state index contributed by atoms with van der Waals surface area (Å²) in [5.41, 5.74) is 5.55. The molecule has 1 aromatic rings. The maximum Gasteiger partial charge on any atom is 0.412 e. The van der Waals surface area contributed by atoms with E-state index in [9.17, 15) is 19.7 Å². The van der Waals surface area contributed by atoms with Gasteiger partial charge in [-0.25, -0.2) is 4.79 Å². The lowest BCUT2D eigenvalue weighted by atomic mass is 10.1. The van der Waals surface area contributed by atoms with Gasteiger partial charge in [-0.1, -0.05) is 0 Å². The fourth-order valence-electron chi connectivity index (χ4n) is 3.45. The summed E-state index contributed by atoms with van der Waals surface area (Å²) < 4.78 is 5.29. The van der Waals surface area contributed by atoms with Gasteiger partial charge < -0.3 is 15.4 Å². The molecule has 9 heteroatoms. The number of non-ortho nitro benzene ring substituents is 1. The Labute approximate surface area is 150 Å². The molecule has 2 aliphatic heterocycles. The average Bonchev–Trinajstić information content (AvgIpc) is 3.29. The van der Waals surface area contributed by atoms with Gasteiger partial charge in [-0.15, -0.1) is 0 Å². The maximum atomic E-state index is 12.7. The second-order valence-corrected chi connectivity index (χ2v) is 6.66. The second-order valence-electron chi connectivity index (χ2n) is 6.66. The fourth-order valence-corrected chi connectivity index (χ4v) is 3.45. The third kappa shape index (κ3) is 3.48. The number of benzene rings is 1. The number of ether oxygens (including phenoxy) is 1. The first-order valence-corrected chi connectivity index (χ1v) is 8.68. The Balaban J connectivity index is 1.62. The van der Waals surface area contributed by atoms with Crippen molar-refractivity contribution in [2.24, 2.45) is 5.73 Å². The van der Waals surface area contributed by atoms with Crippen LogP contribution < -0.4 is 5.73 Å². The number of amides is 2. The summed E-state index contributed by atoms with van der Waals surface area (Å²) in [5, 5.41) is 10.7. The number of likely N-dealkylation sites (tertiary alicyclic amines) is 2. The van der Waals surface area contributed by atoms with Crippen molar-refractivity contribution in [1.82, 2.24) is 9.80 Å². The molecule has 1 aromatic carbocycles. The smallest absolute Gasteiger partial charge is 0.412 e. The van der Waals surface area contributed by atoms with Gasteiger partial charge in [0.15, 0.2) is 5.66 Å². The van der Waals surface area contributed by atoms with E-state index in [0.29, 0.717) is 38.0 Å². The van der Waals surface area contributed by atoms with Crippen LogP contribution in [0.2, 0.25) is 0 Å². The van der Waals surface area contributed by atoms with Gasteiger partial charge in [0, 0.05) is 31.8 Å². The number of nitro benzene ring substituents is 1. The number of carbonyl (C=O) groups excluding carboxylic acids is 2. The third-order valence-corrected chi connectivity index (χ3v) is 4.91. The van der Waals surface area contributed by atoms with Crippen molar-refractivity contribution >= 4 is 17.7 Å². The topological polar surface area (TPSA) is 119 Å². The van der Waals surface area contributed by atoms with E-state index in [1.165, 1.54) is 29.2 Å². The van der Waals surface area contributed by atoms with Gasteiger partial charge in [0.2, 0.25) is 0 Å². The molecule has 1 atom stereocenters. The zero-order valence-corrected chi connectivity index (χ0v) is 14.4. The summed E-state index contributed by atoms with van der Waals surface area (Å²) in [6, 6.07) is 5.76. The van der Waals surface area contributed by atoms with Crippen molar-refractivity contribution in [2.45, 2.75) is 38.0 Å². The van der Waals surface area contributed by atoms with E-state index in [2.05, 4.69) is 0 Å². The van der Waals surface area contributed by atoms with Crippen LogP contribution in [-0.2, 0) is 16.1 Å². The van der Waals surface area contributed by atoms with Crippen molar-refractivity contribution in [1.29, 1.82) is 0 Å². The zero-order chi connectivity index (χ0) is 18.7. The van der Waals surface area contributed by atoms with Gasteiger partial charge in [-0.3, -0.25) is 19.8 Å². The fraction of sp³-hybridized carbons (Fsp3) is 0.529. The van der Waals surface area contributed by atoms with Crippen molar-refractivity contribution in [3.63, 3.8) is 0 Å². The van der Waals surface area contributed by atoms with Crippen LogP contribution in [0.25, 0.3) is 0 Å². The molecule has 2 heterocycles. The van der Waals surface area contributed by atoms with Crippen molar-refractivity contribution in [2.75, 3.05) is 19.6 Å². The summed E-state index contributed by atoms with van der Waals surface area (Å²) in [4.78, 5) is 38.4. The summed E-state index contributed by atoms with van der Waals surface area (Å²) in [5.74, 6) is -0.222. The lowest BCUT2D eigenvalue weighted by molar-refractivity contribution is -0.384. The molecule has 0 bridgehead atoms. The van der Waals surface area contributed by atoms with Crippen LogP contribution in [0.5, 0.6) is 0 Å². The second kappa shape index (κ2) is 7.28. The van der Waals surface area contributed by atoms with Crippen LogP contribution in [0, 0.1) is 10.1 Å². The van der Waals surface area contributed by atoms with E-state index in [1.807, 2.05) is 0 Å². The van der Waals surface area contributed by atoms with Gasteiger partial charge in [0.1, 0.15) is 6.61 Å². The number of nitrogens with zero attached hydrogens (tertiary/aromatic N) is 3. The van der Waals surface area contributed by atoms with Crippen LogP contribution in [0.15, 0.2) is 24.3 Å². The zero-order valence-electron chi connectivity index (χ0n) is 14.4. The molecule has 0 radical (unpaired) electrons. The standard InChI is InChI=1S/C17H22N4O5/c18-17(15(22)19-9-1-2-10-19)8-3-11-20(17)16(23)26-12-13-4-6-14(7-5-13)21(24)25/h4-7H,1-3,8-12,18H2. The van der Waals surface area contributed by atoms with Gasteiger partial charge >= 0.3 is 6.09 Å². The van der Waals surface area contributed by atoms with Crippen molar-refractivity contribution in [3.05, 3.63) is 39.9 Å². The predicted molar refractivity (Wildman–Crippen MR) is 92.0 cm³/mol. The van der Waals surface area contributed by atoms with E-state index in [4.69, 9.17) is 10.5 Å². The highest BCUT2D eigenvalue weighted by molar-refractivity contribution is 5.90. The van der Waals surface area contributed by atoms with Crippen LogP contribution in [-0.4, -0.2) is 52.0 Å². The Morgan fingerprint density at radius 3 is 2.42 bits per heavy atom. The quantitative estimate of drug-likeness (QED) is 0.642. The van der Waals surface area contributed by atoms with Crippen LogP contribution in [0.4, 0.5) is 10.5 Å². The minimum atomic E-state index is -1.35. The largest absolute Gasteiger partial charge is 0.444 e. The van der Waals surface area contributed by atoms with Gasteiger partial charge in [0.05, 0.1) is 4.92 Å². The Bertz CT molecular complexity index is 702. The molecule has 1 unspecified atom stereocenters. The number of nitro groups is 1. The predicted octanol–water partition coefficient (Wildman–Crippen LogP) is 1.60.